The molecule has 3 rings (SSSR count). The summed E-state index contributed by atoms with van der Waals surface area (Å²) < 4.78 is 5.39. The Bertz CT molecular complexity index is 1050. The van der Waals surface area contributed by atoms with Gasteiger partial charge in [0.2, 0.25) is 0 Å². The second-order valence-corrected chi connectivity index (χ2v) is 6.40. The minimum absolute atomic E-state index is 0.0700. The minimum atomic E-state index is -0.985. The van der Waals surface area contributed by atoms with Crippen molar-refractivity contribution >= 4 is 22.5 Å². The van der Waals surface area contributed by atoms with Gasteiger partial charge in [0.05, 0.1) is 12.7 Å². The standard InChI is InChI=1S/C22H20O4/c1-12-10-19(26-4)13(2)14(3)20(12)21(23)18-7-5-6-15-11-16(22(24)25)8-9-17(15)18/h5-11H,1-4H3,(H,24,25). The average molecular weight is 348 g/mol. The second kappa shape index (κ2) is 6.64. The molecule has 1 N–H and O–H groups in total. The number of carbonyl (C=O) groups excluding carboxylic acids is 1. The van der Waals surface area contributed by atoms with Crippen molar-refractivity contribution in [3.8, 4) is 5.75 Å². The Balaban J connectivity index is 2.20. The molecule has 0 heterocycles. The molecule has 0 bridgehead atoms. The summed E-state index contributed by atoms with van der Waals surface area (Å²) in [5.41, 5.74) is 4.12. The second-order valence-electron chi connectivity index (χ2n) is 6.40. The largest absolute Gasteiger partial charge is 0.496 e. The van der Waals surface area contributed by atoms with E-state index in [1.165, 1.54) is 6.07 Å². The van der Waals surface area contributed by atoms with Crippen LogP contribution in [0.5, 0.6) is 5.75 Å². The van der Waals surface area contributed by atoms with E-state index in [1.807, 2.05) is 32.9 Å². The lowest BCUT2D eigenvalue weighted by Crippen LogP contribution is -2.09. The number of ether oxygens (including phenoxy) is 1. The third-order valence-corrected chi connectivity index (χ3v) is 4.87. The van der Waals surface area contributed by atoms with Crippen molar-refractivity contribution in [2.45, 2.75) is 20.8 Å². The molecule has 0 saturated heterocycles. The molecule has 3 aromatic rings. The number of carboxylic acid groups (broad SMARTS) is 1. The first kappa shape index (κ1) is 17.7. The van der Waals surface area contributed by atoms with Gasteiger partial charge in [0.15, 0.2) is 5.78 Å². The van der Waals surface area contributed by atoms with Crippen molar-refractivity contribution in [3.05, 3.63) is 75.8 Å². The maximum Gasteiger partial charge on any atom is 0.335 e. The Labute approximate surface area is 152 Å². The Morgan fingerprint density at radius 2 is 1.69 bits per heavy atom. The number of fused-ring (bicyclic) bond motifs is 1. The van der Waals surface area contributed by atoms with Crippen LogP contribution in [0.15, 0.2) is 42.5 Å². The van der Waals surface area contributed by atoms with E-state index in [4.69, 9.17) is 4.74 Å². The molecule has 0 saturated carbocycles. The molecule has 4 heteroatoms. The van der Waals surface area contributed by atoms with Crippen LogP contribution in [0, 0.1) is 20.8 Å². The van der Waals surface area contributed by atoms with Crippen molar-refractivity contribution in [2.75, 3.05) is 7.11 Å². The quantitative estimate of drug-likeness (QED) is 0.694. The minimum Gasteiger partial charge on any atom is -0.496 e. The lowest BCUT2D eigenvalue weighted by atomic mass is 9.89. The predicted octanol–water partition coefficient (Wildman–Crippen LogP) is 4.70. The molecule has 0 amide bonds. The molecule has 0 radical (unpaired) electrons. The van der Waals surface area contributed by atoms with E-state index >= 15 is 0 Å². The zero-order chi connectivity index (χ0) is 19.0. The highest BCUT2D eigenvalue weighted by Crippen LogP contribution is 2.31. The number of carboxylic acids is 1. The smallest absolute Gasteiger partial charge is 0.335 e. The number of carbonyl (C=O) groups is 2. The summed E-state index contributed by atoms with van der Waals surface area (Å²) in [6.45, 7) is 5.76. The van der Waals surface area contributed by atoms with E-state index in [0.717, 1.165) is 33.2 Å². The van der Waals surface area contributed by atoms with Gasteiger partial charge in [0.1, 0.15) is 5.75 Å². The van der Waals surface area contributed by atoms with Crippen molar-refractivity contribution in [1.82, 2.24) is 0 Å². The first-order valence-corrected chi connectivity index (χ1v) is 8.30. The SMILES string of the molecule is COc1cc(C)c(C(=O)c2cccc3cc(C(=O)O)ccc23)c(C)c1C. The normalized spacial score (nSPS) is 10.8. The van der Waals surface area contributed by atoms with Gasteiger partial charge in [-0.2, -0.15) is 0 Å². The molecule has 3 aromatic carbocycles. The number of hydrogen-bond acceptors (Lipinski definition) is 3. The molecular weight excluding hydrogens is 328 g/mol. The van der Waals surface area contributed by atoms with E-state index in [1.54, 1.807) is 31.4 Å². The van der Waals surface area contributed by atoms with Crippen LogP contribution >= 0.6 is 0 Å². The van der Waals surface area contributed by atoms with Gasteiger partial charge in [0.25, 0.3) is 0 Å². The molecular formula is C22H20O4. The van der Waals surface area contributed by atoms with Crippen LogP contribution in [0.25, 0.3) is 10.8 Å². The van der Waals surface area contributed by atoms with Crippen LogP contribution in [0.3, 0.4) is 0 Å². The zero-order valence-electron chi connectivity index (χ0n) is 15.2. The molecule has 26 heavy (non-hydrogen) atoms. The Morgan fingerprint density at radius 3 is 2.35 bits per heavy atom. The topological polar surface area (TPSA) is 63.6 Å². The van der Waals surface area contributed by atoms with Crippen molar-refractivity contribution in [2.24, 2.45) is 0 Å². The van der Waals surface area contributed by atoms with Crippen LogP contribution in [0.4, 0.5) is 0 Å². The monoisotopic (exact) mass is 348 g/mol. The van der Waals surface area contributed by atoms with Crippen LogP contribution in [-0.2, 0) is 0 Å². The molecule has 0 aliphatic carbocycles. The van der Waals surface area contributed by atoms with Gasteiger partial charge in [-0.3, -0.25) is 4.79 Å². The van der Waals surface area contributed by atoms with E-state index in [2.05, 4.69) is 0 Å². The van der Waals surface area contributed by atoms with Crippen LogP contribution in [0.1, 0.15) is 43.0 Å². The Hall–Kier alpha value is -3.14. The third-order valence-electron chi connectivity index (χ3n) is 4.87. The number of aromatic carboxylic acids is 1. The van der Waals surface area contributed by atoms with Gasteiger partial charge in [-0.1, -0.05) is 24.3 Å². The van der Waals surface area contributed by atoms with Crippen LogP contribution in [-0.4, -0.2) is 24.0 Å². The summed E-state index contributed by atoms with van der Waals surface area (Å²) in [6.07, 6.45) is 0. The van der Waals surface area contributed by atoms with Gasteiger partial charge in [-0.25, -0.2) is 4.79 Å². The fourth-order valence-corrected chi connectivity index (χ4v) is 3.36. The fraction of sp³-hybridized carbons (Fsp3) is 0.182. The van der Waals surface area contributed by atoms with Crippen LogP contribution in [0.2, 0.25) is 0 Å². The van der Waals surface area contributed by atoms with E-state index in [9.17, 15) is 14.7 Å². The zero-order valence-corrected chi connectivity index (χ0v) is 15.2. The maximum atomic E-state index is 13.3. The number of benzene rings is 3. The molecule has 0 aromatic heterocycles. The summed E-state index contributed by atoms with van der Waals surface area (Å²) in [6, 6.07) is 12.1. The first-order valence-electron chi connectivity index (χ1n) is 8.30. The third kappa shape index (κ3) is 2.84. The fourth-order valence-electron chi connectivity index (χ4n) is 3.36. The summed E-state index contributed by atoms with van der Waals surface area (Å²) in [4.78, 5) is 24.5. The highest BCUT2D eigenvalue weighted by atomic mass is 16.5. The molecule has 0 unspecified atom stereocenters. The van der Waals surface area contributed by atoms with E-state index in [-0.39, 0.29) is 11.3 Å². The molecule has 4 nitrogen and oxygen atoms in total. The van der Waals surface area contributed by atoms with Crippen molar-refractivity contribution in [1.29, 1.82) is 0 Å². The van der Waals surface area contributed by atoms with Crippen LogP contribution < -0.4 is 4.74 Å². The molecule has 0 fully saturated rings. The molecule has 0 atom stereocenters. The molecule has 132 valence electrons. The summed E-state index contributed by atoms with van der Waals surface area (Å²) in [7, 11) is 1.62. The van der Waals surface area contributed by atoms with Gasteiger partial charge >= 0.3 is 5.97 Å². The summed E-state index contributed by atoms with van der Waals surface area (Å²) in [5, 5.41) is 10.7. The number of methoxy groups -OCH3 is 1. The Kier molecular flexibility index (Phi) is 4.51. The Morgan fingerprint density at radius 1 is 0.962 bits per heavy atom. The van der Waals surface area contributed by atoms with Gasteiger partial charge < -0.3 is 9.84 Å². The van der Waals surface area contributed by atoms with E-state index in [0.29, 0.717) is 11.1 Å². The van der Waals surface area contributed by atoms with Gasteiger partial charge in [0, 0.05) is 11.1 Å². The first-order chi connectivity index (χ1) is 12.3. The maximum absolute atomic E-state index is 13.3. The number of ketones is 1. The van der Waals surface area contributed by atoms with Crippen molar-refractivity contribution in [3.63, 3.8) is 0 Å². The average Bonchev–Trinajstić information content (AvgIpc) is 2.63. The molecule has 0 aliphatic heterocycles. The van der Waals surface area contributed by atoms with Crippen molar-refractivity contribution < 1.29 is 19.4 Å². The number of aryl methyl sites for hydroxylation is 1. The van der Waals surface area contributed by atoms with E-state index < -0.39 is 5.97 Å². The molecule has 0 spiro atoms. The molecule has 0 aliphatic rings. The predicted molar refractivity (Wildman–Crippen MR) is 102 cm³/mol. The number of rotatable bonds is 4. The highest BCUT2D eigenvalue weighted by Gasteiger charge is 2.20. The van der Waals surface area contributed by atoms with Gasteiger partial charge in [-0.05, 0) is 66.4 Å². The lowest BCUT2D eigenvalue weighted by molar-refractivity contribution is 0.0697. The lowest BCUT2D eigenvalue weighted by Gasteiger charge is -2.16. The highest BCUT2D eigenvalue weighted by molar-refractivity contribution is 6.18. The summed E-state index contributed by atoms with van der Waals surface area (Å²) in [5.74, 6) is -0.291. The van der Waals surface area contributed by atoms with Gasteiger partial charge in [-0.15, -0.1) is 0 Å². The summed E-state index contributed by atoms with van der Waals surface area (Å²) >= 11 is 0. The number of hydrogen-bond donors (Lipinski definition) is 1.